The van der Waals surface area contributed by atoms with Crippen molar-refractivity contribution in [2.75, 3.05) is 26.3 Å². The summed E-state index contributed by atoms with van der Waals surface area (Å²) in [7, 11) is 0. The van der Waals surface area contributed by atoms with Crippen molar-refractivity contribution in [3.8, 4) is 0 Å². The highest BCUT2D eigenvalue weighted by atomic mass is 16.5. The molecule has 1 spiro atoms. The first-order valence-corrected chi connectivity index (χ1v) is 15.9. The zero-order valence-corrected chi connectivity index (χ0v) is 24.1. The Morgan fingerprint density at radius 2 is 1.34 bits per heavy atom. The number of hydrogen-bond donors (Lipinski definition) is 2. The Hall–Kier alpha value is -2.58. The smallest absolute Gasteiger partial charge is 0.323 e. The van der Waals surface area contributed by atoms with E-state index < -0.39 is 0 Å². The average Bonchev–Trinajstić information content (AvgIpc) is 3.82. The number of carbonyl (C=O) groups excluding carboxylic acids is 4. The lowest BCUT2D eigenvalue weighted by atomic mass is 9.75. The van der Waals surface area contributed by atoms with Crippen LogP contribution in [0.15, 0.2) is 12.1 Å². The van der Waals surface area contributed by atoms with E-state index in [0.717, 1.165) is 82.9 Å². The van der Waals surface area contributed by atoms with E-state index in [-0.39, 0.29) is 60.1 Å². The predicted molar refractivity (Wildman–Crippen MR) is 153 cm³/mol. The van der Waals surface area contributed by atoms with E-state index in [1.54, 1.807) is 0 Å². The number of benzene rings is 1. The van der Waals surface area contributed by atoms with Crippen LogP contribution < -0.4 is 10.6 Å². The zero-order chi connectivity index (χ0) is 28.4. The van der Waals surface area contributed by atoms with Crippen molar-refractivity contribution < 1.29 is 28.7 Å². The van der Waals surface area contributed by atoms with Gasteiger partial charge in [-0.25, -0.2) is 0 Å². The molecule has 2 atom stereocenters. The third-order valence-corrected chi connectivity index (χ3v) is 10.5. The molecule has 222 valence electrons. The van der Waals surface area contributed by atoms with Crippen LogP contribution in [0.25, 0.3) is 0 Å². The molecule has 41 heavy (non-hydrogen) atoms. The highest BCUT2D eigenvalue weighted by molar-refractivity contribution is 6.00. The number of fused-ring (bicyclic) bond motifs is 1. The van der Waals surface area contributed by atoms with Gasteiger partial charge in [0.15, 0.2) is 12.4 Å². The van der Waals surface area contributed by atoms with Crippen LogP contribution in [0.5, 0.6) is 0 Å². The Balaban J connectivity index is 1.10. The number of nitrogens with one attached hydrogen (secondary N) is 2. The molecular formula is C33H44N2O6. The monoisotopic (exact) mass is 564 g/mol. The van der Waals surface area contributed by atoms with Crippen molar-refractivity contribution >= 4 is 23.5 Å². The van der Waals surface area contributed by atoms with Crippen LogP contribution in [0.2, 0.25) is 0 Å². The van der Waals surface area contributed by atoms with Crippen molar-refractivity contribution in [3.63, 3.8) is 0 Å². The molecule has 0 bridgehead atoms. The molecule has 1 aromatic carbocycles. The third-order valence-electron chi connectivity index (χ3n) is 10.5. The zero-order valence-electron chi connectivity index (χ0n) is 24.1. The fraction of sp³-hybridized carbons (Fsp3) is 0.697. The number of ketones is 2. The van der Waals surface area contributed by atoms with Gasteiger partial charge in [-0.3, -0.25) is 19.2 Å². The lowest BCUT2D eigenvalue weighted by molar-refractivity contribution is -0.151. The highest BCUT2D eigenvalue weighted by Crippen LogP contribution is 2.52. The molecule has 4 fully saturated rings. The molecule has 0 unspecified atom stereocenters. The highest BCUT2D eigenvalue weighted by Gasteiger charge is 2.43. The normalized spacial score (nSPS) is 28.5. The van der Waals surface area contributed by atoms with Crippen LogP contribution in [-0.2, 0) is 36.7 Å². The first-order chi connectivity index (χ1) is 19.9. The second-order valence-corrected chi connectivity index (χ2v) is 13.2. The molecule has 3 aliphatic carbocycles. The van der Waals surface area contributed by atoms with Gasteiger partial charge in [0.2, 0.25) is 5.78 Å². The number of hydrogen-bond acceptors (Lipinski definition) is 8. The Kier molecular flexibility index (Phi) is 8.59. The van der Waals surface area contributed by atoms with Crippen molar-refractivity contribution in [2.45, 2.75) is 108 Å². The van der Waals surface area contributed by atoms with Gasteiger partial charge in [0.1, 0.15) is 18.7 Å². The molecule has 2 saturated heterocycles. The van der Waals surface area contributed by atoms with E-state index in [1.165, 1.54) is 42.4 Å². The summed E-state index contributed by atoms with van der Waals surface area (Å²) in [5, 5.41) is 6.26. The minimum Gasteiger partial charge on any atom is -0.457 e. The number of ether oxygens (including phenoxy) is 2. The molecule has 2 heterocycles. The maximum Gasteiger partial charge on any atom is 0.323 e. The molecule has 0 amide bonds. The van der Waals surface area contributed by atoms with Gasteiger partial charge in [0.05, 0.1) is 0 Å². The molecule has 8 nitrogen and oxygen atoms in total. The standard InChI is InChI=1S/C33H44N2O6/c36-29(19-40-31(38)27-5-3-15-34-27)22-9-7-21(8-10-22)23-11-12-24(26-18-33(17-25(23)26)13-1-2-14-33)30(37)20-41-32(39)28-6-4-16-35-28/h11-12,21-22,27-28,34-35H,1-10,13-20H2/t21?,22?,27-,28-/m0/s1. The average molecular weight is 565 g/mol. The minimum absolute atomic E-state index is 0.0354. The van der Waals surface area contributed by atoms with Crippen molar-refractivity contribution in [1.82, 2.24) is 10.6 Å². The van der Waals surface area contributed by atoms with Gasteiger partial charge in [0.25, 0.3) is 0 Å². The molecule has 2 aliphatic heterocycles. The van der Waals surface area contributed by atoms with Crippen molar-refractivity contribution in [1.29, 1.82) is 0 Å². The van der Waals surface area contributed by atoms with E-state index in [2.05, 4.69) is 16.7 Å². The van der Waals surface area contributed by atoms with Gasteiger partial charge >= 0.3 is 11.9 Å². The summed E-state index contributed by atoms with van der Waals surface area (Å²) < 4.78 is 10.8. The van der Waals surface area contributed by atoms with Gasteiger partial charge in [-0.05, 0) is 118 Å². The van der Waals surface area contributed by atoms with Gasteiger partial charge < -0.3 is 20.1 Å². The Morgan fingerprint density at radius 3 is 1.95 bits per heavy atom. The Bertz CT molecular complexity index is 1170. The molecule has 0 aromatic heterocycles. The summed E-state index contributed by atoms with van der Waals surface area (Å²) in [4.78, 5) is 50.8. The molecule has 2 N–H and O–H groups in total. The van der Waals surface area contributed by atoms with Crippen LogP contribution in [0.4, 0.5) is 0 Å². The van der Waals surface area contributed by atoms with E-state index in [1.807, 2.05) is 6.07 Å². The number of rotatable bonds is 9. The molecule has 5 aliphatic rings. The summed E-state index contributed by atoms with van der Waals surface area (Å²) in [6.07, 6.45) is 13.7. The van der Waals surface area contributed by atoms with Gasteiger partial charge in [-0.2, -0.15) is 0 Å². The quantitative estimate of drug-likeness (QED) is 0.343. The fourth-order valence-corrected chi connectivity index (χ4v) is 8.23. The largest absolute Gasteiger partial charge is 0.457 e. The Morgan fingerprint density at radius 1 is 0.732 bits per heavy atom. The molecule has 0 radical (unpaired) electrons. The summed E-state index contributed by atoms with van der Waals surface area (Å²) in [5.41, 5.74) is 4.84. The maximum absolute atomic E-state index is 13.4. The Labute approximate surface area is 242 Å². The second-order valence-electron chi connectivity index (χ2n) is 13.2. The third kappa shape index (κ3) is 6.14. The minimum atomic E-state index is -0.326. The molecule has 6 rings (SSSR count). The number of carbonyl (C=O) groups is 4. The predicted octanol–water partition coefficient (Wildman–Crippen LogP) is 3.96. The lowest BCUT2D eigenvalue weighted by Crippen LogP contribution is -2.34. The van der Waals surface area contributed by atoms with E-state index in [0.29, 0.717) is 5.92 Å². The molecule has 2 saturated carbocycles. The van der Waals surface area contributed by atoms with Crippen LogP contribution in [0, 0.1) is 11.3 Å². The molecule has 8 heteroatoms. The summed E-state index contributed by atoms with van der Waals surface area (Å²) >= 11 is 0. The number of Topliss-reactive ketones (excluding diaryl/α,β-unsaturated/α-hetero) is 2. The molecular weight excluding hydrogens is 520 g/mol. The van der Waals surface area contributed by atoms with E-state index in [9.17, 15) is 19.2 Å². The second kappa shape index (κ2) is 12.3. The first kappa shape index (κ1) is 28.5. The van der Waals surface area contributed by atoms with E-state index >= 15 is 0 Å². The summed E-state index contributed by atoms with van der Waals surface area (Å²) in [6, 6.07) is 3.55. The van der Waals surface area contributed by atoms with Crippen LogP contribution in [0.3, 0.4) is 0 Å². The maximum atomic E-state index is 13.4. The van der Waals surface area contributed by atoms with Crippen LogP contribution >= 0.6 is 0 Å². The lowest BCUT2D eigenvalue weighted by Gasteiger charge is -2.30. The molecule has 1 aromatic rings. The van der Waals surface area contributed by atoms with Crippen LogP contribution in [-0.4, -0.2) is 61.9 Å². The summed E-state index contributed by atoms with van der Waals surface area (Å²) in [5.74, 6) is -0.396. The van der Waals surface area contributed by atoms with Crippen molar-refractivity contribution in [3.05, 3.63) is 34.4 Å². The van der Waals surface area contributed by atoms with E-state index in [4.69, 9.17) is 9.47 Å². The van der Waals surface area contributed by atoms with Crippen LogP contribution in [0.1, 0.15) is 110 Å². The SMILES string of the molecule is O=C(COC(=O)[C@@H]1CCCN1)c1ccc(C2CCC(C(=O)COC(=O)[C@@H]3CCCN3)CC2)c2c1CC1(CCCC1)C2. The van der Waals surface area contributed by atoms with Crippen molar-refractivity contribution in [2.24, 2.45) is 11.3 Å². The summed E-state index contributed by atoms with van der Waals surface area (Å²) in [6.45, 7) is 1.31. The van der Waals surface area contributed by atoms with Gasteiger partial charge in [-0.1, -0.05) is 25.0 Å². The van der Waals surface area contributed by atoms with Gasteiger partial charge in [0, 0.05) is 11.5 Å². The number of esters is 2. The fourth-order valence-electron chi connectivity index (χ4n) is 8.23. The first-order valence-electron chi connectivity index (χ1n) is 15.9. The van der Waals surface area contributed by atoms with Gasteiger partial charge in [-0.15, -0.1) is 0 Å². The topological polar surface area (TPSA) is 111 Å².